The highest BCUT2D eigenvalue weighted by Crippen LogP contribution is 2.35. The molecule has 0 spiro atoms. The van der Waals surface area contributed by atoms with Crippen molar-refractivity contribution in [2.45, 2.75) is 32.7 Å². The first-order valence-electron chi connectivity index (χ1n) is 6.29. The van der Waals surface area contributed by atoms with Crippen LogP contribution in [0.25, 0.3) is 0 Å². The van der Waals surface area contributed by atoms with Gasteiger partial charge >= 0.3 is 12.0 Å². The van der Waals surface area contributed by atoms with Crippen LogP contribution in [0, 0.1) is 11.7 Å². The summed E-state index contributed by atoms with van der Waals surface area (Å²) >= 11 is 0. The van der Waals surface area contributed by atoms with Crippen LogP contribution in [0.5, 0.6) is 0 Å². The van der Waals surface area contributed by atoms with Gasteiger partial charge in [-0.3, -0.25) is 4.79 Å². The monoisotopic (exact) mass is 303 g/mol. The van der Waals surface area contributed by atoms with Crippen molar-refractivity contribution >= 4 is 11.9 Å². The molecule has 1 atom stereocenters. The Labute approximate surface area is 120 Å². The topological polar surface area (TPSA) is 66.4 Å². The number of alkyl halides is 2. The van der Waals surface area contributed by atoms with Crippen molar-refractivity contribution in [3.05, 3.63) is 35.1 Å². The molecule has 7 heteroatoms. The van der Waals surface area contributed by atoms with Crippen LogP contribution in [0.1, 0.15) is 37.9 Å². The Kier molecular flexibility index (Phi) is 4.98. The lowest BCUT2D eigenvalue weighted by Crippen LogP contribution is -2.32. The van der Waals surface area contributed by atoms with Gasteiger partial charge in [0.1, 0.15) is 5.82 Å². The highest BCUT2D eigenvalue weighted by Gasteiger charge is 2.44. The number of rotatable bonds is 5. The van der Waals surface area contributed by atoms with E-state index in [1.807, 2.05) is 5.32 Å². The van der Waals surface area contributed by atoms with E-state index in [0.29, 0.717) is 0 Å². The first-order valence-corrected chi connectivity index (χ1v) is 6.29. The zero-order valence-electron chi connectivity index (χ0n) is 11.8. The Morgan fingerprint density at radius 3 is 2.29 bits per heavy atom. The molecular weight excluding hydrogens is 287 g/mol. The Morgan fingerprint density at radius 1 is 1.24 bits per heavy atom. The Balaban J connectivity index is 3.28. The van der Waals surface area contributed by atoms with Crippen molar-refractivity contribution in [1.82, 2.24) is 5.32 Å². The second-order valence-corrected chi connectivity index (χ2v) is 4.97. The van der Waals surface area contributed by atoms with Crippen LogP contribution < -0.4 is 5.32 Å². The molecule has 21 heavy (non-hydrogen) atoms. The number of hydrogen-bond donors (Lipinski definition) is 2. The van der Waals surface area contributed by atoms with Gasteiger partial charge in [-0.05, 0) is 13.0 Å². The summed E-state index contributed by atoms with van der Waals surface area (Å²) in [4.78, 5) is 22.1. The van der Waals surface area contributed by atoms with Crippen LogP contribution >= 0.6 is 0 Å². The number of halogens is 3. The van der Waals surface area contributed by atoms with Crippen LogP contribution in [0.2, 0.25) is 0 Å². The molecule has 0 saturated heterocycles. The smallest absolute Gasteiger partial charge is 0.405 e. The molecule has 0 fully saturated rings. The summed E-state index contributed by atoms with van der Waals surface area (Å²) in [6, 6.07) is 2.16. The van der Waals surface area contributed by atoms with Gasteiger partial charge in [0.15, 0.2) is 0 Å². The average molecular weight is 303 g/mol. The molecule has 0 aliphatic heterocycles. The summed E-state index contributed by atoms with van der Waals surface area (Å²) in [6.07, 6.45) is -1.41. The fourth-order valence-corrected chi connectivity index (χ4v) is 1.88. The van der Waals surface area contributed by atoms with E-state index in [9.17, 15) is 22.8 Å². The lowest BCUT2D eigenvalue weighted by Gasteiger charge is -2.21. The van der Waals surface area contributed by atoms with Crippen molar-refractivity contribution in [3.8, 4) is 0 Å². The molecular formula is C14H16F3NO3. The number of nitrogens with one attached hydrogen (secondary N) is 1. The zero-order chi connectivity index (χ0) is 16.4. The summed E-state index contributed by atoms with van der Waals surface area (Å²) in [5, 5.41) is 10.6. The van der Waals surface area contributed by atoms with Gasteiger partial charge in [-0.25, -0.2) is 9.18 Å². The molecule has 0 aliphatic rings. The van der Waals surface area contributed by atoms with Gasteiger partial charge in [-0.2, -0.15) is 8.78 Å². The highest BCUT2D eigenvalue weighted by atomic mass is 19.3. The lowest BCUT2D eigenvalue weighted by atomic mass is 9.93. The molecule has 0 aromatic heterocycles. The number of Topliss-reactive ketones (excluding diaryl/α,β-unsaturated/α-hetero) is 1. The predicted molar refractivity (Wildman–Crippen MR) is 69.7 cm³/mol. The molecule has 0 aliphatic carbocycles. The van der Waals surface area contributed by atoms with E-state index in [2.05, 4.69) is 0 Å². The molecule has 2 N–H and O–H groups in total. The third kappa shape index (κ3) is 3.53. The normalized spacial score (nSPS) is 13.1. The minimum atomic E-state index is -3.96. The molecule has 1 rings (SSSR count). The predicted octanol–water partition coefficient (Wildman–Crippen LogP) is 3.47. The van der Waals surface area contributed by atoms with Gasteiger partial charge in [0.2, 0.25) is 5.78 Å². The van der Waals surface area contributed by atoms with Gasteiger partial charge in [-0.15, -0.1) is 0 Å². The van der Waals surface area contributed by atoms with Crippen molar-refractivity contribution in [2.75, 3.05) is 0 Å². The molecule has 1 aromatic carbocycles. The minimum Gasteiger partial charge on any atom is -0.465 e. The molecule has 1 aromatic rings. The summed E-state index contributed by atoms with van der Waals surface area (Å²) in [7, 11) is 0. The van der Waals surface area contributed by atoms with E-state index in [1.54, 1.807) is 0 Å². The maximum atomic E-state index is 14.2. The number of hydrogen-bond acceptors (Lipinski definition) is 2. The second-order valence-electron chi connectivity index (χ2n) is 4.97. The summed E-state index contributed by atoms with van der Waals surface area (Å²) in [5.74, 6) is -7.59. The van der Waals surface area contributed by atoms with E-state index < -0.39 is 41.1 Å². The van der Waals surface area contributed by atoms with Crippen molar-refractivity contribution in [3.63, 3.8) is 0 Å². The molecule has 0 bridgehead atoms. The Hall–Kier alpha value is -2.05. The van der Waals surface area contributed by atoms with E-state index in [1.165, 1.54) is 26.8 Å². The van der Waals surface area contributed by atoms with Crippen LogP contribution in [-0.2, 0) is 10.7 Å². The Bertz CT molecular complexity index is 558. The van der Waals surface area contributed by atoms with E-state index in [0.717, 1.165) is 12.1 Å². The van der Waals surface area contributed by atoms with Crippen LogP contribution in [0.4, 0.5) is 18.0 Å². The molecule has 0 saturated carbocycles. The quantitative estimate of drug-likeness (QED) is 0.875. The minimum absolute atomic E-state index is 0.244. The number of amides is 1. The van der Waals surface area contributed by atoms with Crippen LogP contribution in [0.15, 0.2) is 18.2 Å². The van der Waals surface area contributed by atoms with Crippen molar-refractivity contribution < 1.29 is 27.9 Å². The molecule has 116 valence electrons. The van der Waals surface area contributed by atoms with Gasteiger partial charge in [0.25, 0.3) is 0 Å². The lowest BCUT2D eigenvalue weighted by molar-refractivity contribution is -0.148. The van der Waals surface area contributed by atoms with Gasteiger partial charge < -0.3 is 10.4 Å². The fraction of sp³-hybridized carbons (Fsp3) is 0.429. The van der Waals surface area contributed by atoms with E-state index in [4.69, 9.17) is 5.11 Å². The van der Waals surface area contributed by atoms with E-state index >= 15 is 0 Å². The standard InChI is InChI=1S/C14H16F3NO3/c1-7(2)12(19)14(16,17)10-6-4-5-9(11(10)15)8(3)18-13(20)21/h4-8,18H,1-3H3,(H,20,21). The van der Waals surface area contributed by atoms with Crippen LogP contribution in [0.3, 0.4) is 0 Å². The van der Waals surface area contributed by atoms with Gasteiger partial charge in [0, 0.05) is 11.5 Å². The average Bonchev–Trinajstić information content (AvgIpc) is 2.36. The highest BCUT2D eigenvalue weighted by molar-refractivity contribution is 5.88. The number of carbonyl (C=O) groups excluding carboxylic acids is 1. The first kappa shape index (κ1) is 17.0. The second kappa shape index (κ2) is 6.15. The first-order chi connectivity index (χ1) is 9.59. The third-order valence-corrected chi connectivity index (χ3v) is 3.01. The molecule has 0 radical (unpaired) electrons. The maximum Gasteiger partial charge on any atom is 0.405 e. The third-order valence-electron chi connectivity index (χ3n) is 3.01. The SMILES string of the molecule is CC(C)C(=O)C(F)(F)c1cccc(C(C)NC(=O)O)c1F. The number of carbonyl (C=O) groups is 2. The van der Waals surface area contributed by atoms with Gasteiger partial charge in [-0.1, -0.05) is 26.0 Å². The molecule has 0 heterocycles. The van der Waals surface area contributed by atoms with Crippen molar-refractivity contribution in [1.29, 1.82) is 0 Å². The summed E-state index contributed by atoms with van der Waals surface area (Å²) in [5.41, 5.74) is -1.29. The van der Waals surface area contributed by atoms with Crippen LogP contribution in [-0.4, -0.2) is 17.0 Å². The largest absolute Gasteiger partial charge is 0.465 e. The molecule has 1 unspecified atom stereocenters. The fourth-order valence-electron chi connectivity index (χ4n) is 1.88. The maximum absolute atomic E-state index is 14.2. The number of carboxylic acid groups (broad SMARTS) is 1. The molecule has 1 amide bonds. The summed E-state index contributed by atoms with van der Waals surface area (Å²) in [6.45, 7) is 3.91. The Morgan fingerprint density at radius 2 is 1.81 bits per heavy atom. The summed E-state index contributed by atoms with van der Waals surface area (Å²) < 4.78 is 42.3. The number of ketones is 1. The number of benzene rings is 1. The van der Waals surface area contributed by atoms with E-state index in [-0.39, 0.29) is 5.56 Å². The zero-order valence-corrected chi connectivity index (χ0v) is 11.8. The molecule has 4 nitrogen and oxygen atoms in total. The van der Waals surface area contributed by atoms with Gasteiger partial charge in [0.05, 0.1) is 11.6 Å². The van der Waals surface area contributed by atoms with Crippen molar-refractivity contribution in [2.24, 2.45) is 5.92 Å².